The van der Waals surface area contributed by atoms with Gasteiger partial charge in [0.2, 0.25) is 0 Å². The van der Waals surface area contributed by atoms with Crippen LogP contribution in [0.1, 0.15) is 31.2 Å². The molecule has 1 atom stereocenters. The lowest BCUT2D eigenvalue weighted by Gasteiger charge is -2.43. The van der Waals surface area contributed by atoms with Crippen molar-refractivity contribution in [1.82, 2.24) is 5.32 Å². The minimum atomic E-state index is 0.0682. The average molecular weight is 302 g/mol. The van der Waals surface area contributed by atoms with Gasteiger partial charge in [0, 0.05) is 13.2 Å². The molecule has 1 aliphatic rings. The zero-order valence-corrected chi connectivity index (χ0v) is 13.0. The molecule has 0 spiro atoms. The zero-order valence-electron chi connectivity index (χ0n) is 11.5. The van der Waals surface area contributed by atoms with E-state index in [9.17, 15) is 0 Å². The highest BCUT2D eigenvalue weighted by atomic mass is 35.5. The lowest BCUT2D eigenvalue weighted by Crippen LogP contribution is -2.45. The molecule has 1 unspecified atom stereocenters. The van der Waals surface area contributed by atoms with Crippen LogP contribution in [0.3, 0.4) is 0 Å². The van der Waals surface area contributed by atoms with Gasteiger partial charge in [0.1, 0.15) is 0 Å². The third kappa shape index (κ3) is 3.43. The normalized spacial score (nSPS) is 18.9. The molecule has 0 bridgehead atoms. The molecule has 1 aromatic carbocycles. The summed E-state index contributed by atoms with van der Waals surface area (Å²) in [4.78, 5) is 0. The Morgan fingerprint density at radius 3 is 2.63 bits per heavy atom. The molecule has 0 radical (unpaired) electrons. The van der Waals surface area contributed by atoms with E-state index in [4.69, 9.17) is 27.9 Å². The van der Waals surface area contributed by atoms with E-state index in [1.165, 1.54) is 6.42 Å². The molecule has 106 valence electrons. The van der Waals surface area contributed by atoms with Crippen molar-refractivity contribution in [2.24, 2.45) is 0 Å². The van der Waals surface area contributed by atoms with Crippen LogP contribution in [-0.2, 0) is 11.2 Å². The van der Waals surface area contributed by atoms with Gasteiger partial charge in [-0.1, -0.05) is 35.3 Å². The highest BCUT2D eigenvalue weighted by Crippen LogP contribution is 2.39. The molecule has 1 aromatic rings. The van der Waals surface area contributed by atoms with E-state index < -0.39 is 0 Å². The first-order valence-electron chi connectivity index (χ1n) is 6.75. The number of ether oxygens (including phenoxy) is 1. The van der Waals surface area contributed by atoms with Crippen molar-refractivity contribution in [2.75, 3.05) is 14.2 Å². The Labute approximate surface area is 125 Å². The van der Waals surface area contributed by atoms with Gasteiger partial charge >= 0.3 is 0 Å². The molecule has 1 fully saturated rings. The predicted molar refractivity (Wildman–Crippen MR) is 81.2 cm³/mol. The molecule has 1 saturated carbocycles. The maximum Gasteiger partial charge on any atom is 0.0693 e. The van der Waals surface area contributed by atoms with Gasteiger partial charge in [-0.3, -0.25) is 0 Å². The lowest BCUT2D eigenvalue weighted by atomic mass is 9.75. The number of methoxy groups -OCH3 is 1. The second-order valence-corrected chi connectivity index (χ2v) is 6.13. The number of halogens is 2. The summed E-state index contributed by atoms with van der Waals surface area (Å²) in [6.45, 7) is 0. The fourth-order valence-corrected chi connectivity index (χ4v) is 3.16. The third-order valence-electron chi connectivity index (χ3n) is 4.22. The quantitative estimate of drug-likeness (QED) is 0.855. The largest absolute Gasteiger partial charge is 0.378 e. The Morgan fingerprint density at radius 1 is 1.37 bits per heavy atom. The van der Waals surface area contributed by atoms with Crippen LogP contribution in [0.5, 0.6) is 0 Å². The van der Waals surface area contributed by atoms with Crippen LogP contribution < -0.4 is 5.32 Å². The minimum Gasteiger partial charge on any atom is -0.378 e. The molecule has 2 nitrogen and oxygen atoms in total. The van der Waals surface area contributed by atoms with Crippen molar-refractivity contribution in [3.8, 4) is 0 Å². The first-order chi connectivity index (χ1) is 9.10. The maximum atomic E-state index is 6.26. The Hall–Kier alpha value is -0.280. The molecule has 19 heavy (non-hydrogen) atoms. The number of hydrogen-bond donors (Lipinski definition) is 1. The number of nitrogens with one attached hydrogen (secondary N) is 1. The molecule has 0 amide bonds. The van der Waals surface area contributed by atoms with Crippen LogP contribution in [0.2, 0.25) is 10.0 Å². The Balaban J connectivity index is 2.04. The molecule has 0 heterocycles. The summed E-state index contributed by atoms with van der Waals surface area (Å²) in [5.74, 6) is 0. The first-order valence-corrected chi connectivity index (χ1v) is 7.51. The van der Waals surface area contributed by atoms with Gasteiger partial charge in [-0.2, -0.15) is 0 Å². The topological polar surface area (TPSA) is 21.3 Å². The number of rotatable bonds is 6. The summed E-state index contributed by atoms with van der Waals surface area (Å²) >= 11 is 12.3. The summed E-state index contributed by atoms with van der Waals surface area (Å²) in [6.07, 6.45) is 5.47. The molecular weight excluding hydrogens is 281 g/mol. The lowest BCUT2D eigenvalue weighted by molar-refractivity contribution is -0.0830. The Morgan fingerprint density at radius 2 is 2.11 bits per heavy atom. The molecule has 0 saturated heterocycles. The Bertz CT molecular complexity index is 427. The van der Waals surface area contributed by atoms with Gasteiger partial charge in [0.15, 0.2) is 0 Å². The van der Waals surface area contributed by atoms with Gasteiger partial charge < -0.3 is 10.1 Å². The molecule has 0 aromatic heterocycles. The molecule has 0 aliphatic heterocycles. The van der Waals surface area contributed by atoms with Crippen molar-refractivity contribution in [2.45, 2.75) is 43.7 Å². The monoisotopic (exact) mass is 301 g/mol. The van der Waals surface area contributed by atoms with Gasteiger partial charge in [-0.25, -0.2) is 0 Å². The second kappa shape index (κ2) is 6.45. The number of hydrogen-bond acceptors (Lipinski definition) is 2. The summed E-state index contributed by atoms with van der Waals surface area (Å²) < 4.78 is 5.70. The van der Waals surface area contributed by atoms with E-state index in [1.807, 2.05) is 32.4 Å². The maximum absolute atomic E-state index is 6.26. The zero-order chi connectivity index (χ0) is 13.9. The van der Waals surface area contributed by atoms with E-state index >= 15 is 0 Å². The van der Waals surface area contributed by atoms with Crippen LogP contribution in [-0.4, -0.2) is 25.8 Å². The molecule has 2 rings (SSSR count). The van der Waals surface area contributed by atoms with Gasteiger partial charge in [-0.15, -0.1) is 0 Å². The van der Waals surface area contributed by atoms with Crippen LogP contribution in [0, 0.1) is 0 Å². The highest BCUT2D eigenvalue weighted by molar-refractivity contribution is 6.42. The molecule has 1 aliphatic carbocycles. The van der Waals surface area contributed by atoms with Gasteiger partial charge in [0.05, 0.1) is 15.6 Å². The summed E-state index contributed by atoms with van der Waals surface area (Å²) in [6, 6.07) is 6.17. The van der Waals surface area contributed by atoms with E-state index in [0.717, 1.165) is 31.2 Å². The van der Waals surface area contributed by atoms with E-state index in [-0.39, 0.29) is 5.60 Å². The van der Waals surface area contributed by atoms with E-state index in [1.54, 1.807) is 0 Å². The van der Waals surface area contributed by atoms with Crippen LogP contribution in [0.15, 0.2) is 18.2 Å². The molecule has 4 heteroatoms. The Kier molecular flexibility index (Phi) is 5.13. The minimum absolute atomic E-state index is 0.0682. The molecular formula is C15H21Cl2NO. The van der Waals surface area contributed by atoms with Crippen LogP contribution in [0.4, 0.5) is 0 Å². The van der Waals surface area contributed by atoms with Crippen molar-refractivity contribution in [3.05, 3.63) is 33.8 Å². The molecule has 1 N–H and O–H groups in total. The van der Waals surface area contributed by atoms with Gasteiger partial charge in [0.25, 0.3) is 0 Å². The van der Waals surface area contributed by atoms with Gasteiger partial charge in [-0.05, 0) is 50.8 Å². The summed E-state index contributed by atoms with van der Waals surface area (Å²) in [5.41, 5.74) is 1.16. The fourth-order valence-electron chi connectivity index (χ4n) is 2.76. The first kappa shape index (κ1) is 15.1. The van der Waals surface area contributed by atoms with Crippen molar-refractivity contribution in [1.29, 1.82) is 0 Å². The van der Waals surface area contributed by atoms with Crippen molar-refractivity contribution >= 4 is 23.2 Å². The fraction of sp³-hybridized carbons (Fsp3) is 0.600. The van der Waals surface area contributed by atoms with Crippen molar-refractivity contribution < 1.29 is 4.74 Å². The SMILES string of the molecule is CNC(Cc1cccc(Cl)c1Cl)CC1(OC)CCC1. The summed E-state index contributed by atoms with van der Waals surface area (Å²) in [7, 11) is 3.81. The van der Waals surface area contributed by atoms with E-state index in [2.05, 4.69) is 5.32 Å². The van der Waals surface area contributed by atoms with E-state index in [0.29, 0.717) is 16.1 Å². The number of likely N-dealkylation sites (N-methyl/N-ethyl adjacent to an activating group) is 1. The summed E-state index contributed by atoms with van der Waals surface area (Å²) in [5, 5.41) is 4.67. The highest BCUT2D eigenvalue weighted by Gasteiger charge is 2.38. The standard InChI is InChI=1S/C15H21Cl2NO/c1-18-12(10-15(19-2)7-4-8-15)9-11-5-3-6-13(16)14(11)17/h3,5-6,12,18H,4,7-10H2,1-2H3. The third-order valence-corrected chi connectivity index (χ3v) is 5.08. The van der Waals surface area contributed by atoms with Crippen LogP contribution in [0.25, 0.3) is 0 Å². The average Bonchev–Trinajstić information content (AvgIpc) is 2.37. The predicted octanol–water partition coefficient (Wildman–Crippen LogP) is 4.08. The second-order valence-electron chi connectivity index (χ2n) is 5.35. The number of benzene rings is 1. The van der Waals surface area contributed by atoms with Crippen LogP contribution >= 0.6 is 23.2 Å². The smallest absolute Gasteiger partial charge is 0.0693 e. The van der Waals surface area contributed by atoms with Crippen molar-refractivity contribution in [3.63, 3.8) is 0 Å².